The highest BCUT2D eigenvalue weighted by Gasteiger charge is 2.07. The molecule has 4 nitrogen and oxygen atoms in total. The van der Waals surface area contributed by atoms with Gasteiger partial charge in [-0.15, -0.1) is 12.4 Å². The lowest BCUT2D eigenvalue weighted by molar-refractivity contribution is -0.138. The van der Waals surface area contributed by atoms with Crippen LogP contribution in [-0.2, 0) is 9.53 Å². The summed E-state index contributed by atoms with van der Waals surface area (Å²) in [6.07, 6.45) is 3.00. The fourth-order valence-corrected chi connectivity index (χ4v) is 1.36. The van der Waals surface area contributed by atoms with E-state index in [9.17, 15) is 4.79 Å². The number of aliphatic carboxylic acids is 1. The molecule has 0 rings (SSSR count). The molecule has 0 aromatic carbocycles. The molecule has 0 aliphatic rings. The first-order chi connectivity index (χ1) is 6.70. The molecule has 0 bridgehead atoms. The monoisotopic (exact) mass is 239 g/mol. The van der Waals surface area contributed by atoms with Gasteiger partial charge in [-0.2, -0.15) is 0 Å². The molecule has 0 aromatic rings. The van der Waals surface area contributed by atoms with Crippen LogP contribution < -0.4 is 0 Å². The molecule has 15 heavy (non-hydrogen) atoms. The molecule has 0 aliphatic heterocycles. The van der Waals surface area contributed by atoms with Gasteiger partial charge in [-0.05, 0) is 32.4 Å². The molecular weight excluding hydrogens is 218 g/mol. The Bertz CT molecular complexity index is 156. The summed E-state index contributed by atoms with van der Waals surface area (Å²) in [7, 11) is 1.68. The summed E-state index contributed by atoms with van der Waals surface area (Å²) in [6, 6.07) is 0. The van der Waals surface area contributed by atoms with E-state index in [2.05, 4.69) is 6.92 Å². The Balaban J connectivity index is 0. The van der Waals surface area contributed by atoms with Crippen LogP contribution in [0.25, 0.3) is 0 Å². The number of unbranched alkanes of at least 4 members (excludes halogenated alkanes) is 1. The van der Waals surface area contributed by atoms with Crippen LogP contribution in [0.4, 0.5) is 0 Å². The van der Waals surface area contributed by atoms with Gasteiger partial charge in [0.25, 0.3) is 0 Å². The first-order valence-electron chi connectivity index (χ1n) is 5.13. The topological polar surface area (TPSA) is 49.8 Å². The second-order valence-corrected chi connectivity index (χ2v) is 3.37. The maximum atomic E-state index is 10.5. The summed E-state index contributed by atoms with van der Waals surface area (Å²) >= 11 is 0. The van der Waals surface area contributed by atoms with Gasteiger partial charge in [0.15, 0.2) is 0 Å². The van der Waals surface area contributed by atoms with Crippen LogP contribution in [0.1, 0.15) is 26.2 Å². The fraction of sp³-hybridized carbons (Fsp3) is 0.900. The molecule has 0 heterocycles. The summed E-state index contributed by atoms with van der Waals surface area (Å²) in [5.41, 5.74) is 0. The lowest BCUT2D eigenvalue weighted by Gasteiger charge is -2.18. The van der Waals surface area contributed by atoms with Gasteiger partial charge in [0.05, 0.1) is 6.54 Å². The van der Waals surface area contributed by atoms with Gasteiger partial charge in [0, 0.05) is 13.7 Å². The fourth-order valence-electron chi connectivity index (χ4n) is 1.36. The maximum Gasteiger partial charge on any atom is 0.317 e. The number of carboxylic acid groups (broad SMARTS) is 1. The number of halogens is 1. The van der Waals surface area contributed by atoms with Crippen LogP contribution in [0.3, 0.4) is 0 Å². The molecule has 5 heteroatoms. The van der Waals surface area contributed by atoms with E-state index in [1.165, 1.54) is 0 Å². The Morgan fingerprint density at radius 2 is 2.00 bits per heavy atom. The van der Waals surface area contributed by atoms with E-state index in [-0.39, 0.29) is 19.0 Å². The predicted octanol–water partition coefficient (Wildman–Crippen LogP) is 1.63. The normalized spacial score (nSPS) is 10.1. The van der Waals surface area contributed by atoms with Crippen molar-refractivity contribution in [1.82, 2.24) is 4.90 Å². The minimum Gasteiger partial charge on any atom is -0.480 e. The molecule has 0 radical (unpaired) electrons. The zero-order chi connectivity index (χ0) is 10.8. The van der Waals surface area contributed by atoms with Gasteiger partial charge in [-0.1, -0.05) is 6.92 Å². The van der Waals surface area contributed by atoms with Crippen molar-refractivity contribution in [2.24, 2.45) is 0 Å². The van der Waals surface area contributed by atoms with Crippen LogP contribution in [0, 0.1) is 0 Å². The molecule has 0 unspecified atom stereocenters. The van der Waals surface area contributed by atoms with Crippen molar-refractivity contribution in [3.63, 3.8) is 0 Å². The quantitative estimate of drug-likeness (QED) is 0.622. The highest BCUT2D eigenvalue weighted by atomic mass is 35.5. The lowest BCUT2D eigenvalue weighted by Crippen LogP contribution is -2.31. The zero-order valence-corrected chi connectivity index (χ0v) is 10.4. The van der Waals surface area contributed by atoms with Crippen molar-refractivity contribution < 1.29 is 14.6 Å². The van der Waals surface area contributed by atoms with E-state index < -0.39 is 5.97 Å². The van der Waals surface area contributed by atoms with E-state index in [1.807, 2.05) is 4.90 Å². The smallest absolute Gasteiger partial charge is 0.317 e. The molecule has 92 valence electrons. The molecule has 0 saturated heterocycles. The average molecular weight is 240 g/mol. The molecule has 0 spiro atoms. The van der Waals surface area contributed by atoms with Crippen LogP contribution in [0.15, 0.2) is 0 Å². The number of ether oxygens (including phenoxy) is 1. The Morgan fingerprint density at radius 3 is 2.47 bits per heavy atom. The summed E-state index contributed by atoms with van der Waals surface area (Å²) < 4.78 is 4.93. The standard InChI is InChI=1S/C10H21NO3.ClH/c1-3-6-11(9-10(12)13)7-4-5-8-14-2;/h3-9H2,1-2H3,(H,12,13);1H. The number of carboxylic acids is 1. The van der Waals surface area contributed by atoms with Gasteiger partial charge >= 0.3 is 5.97 Å². The highest BCUT2D eigenvalue weighted by molar-refractivity contribution is 5.85. The first-order valence-corrected chi connectivity index (χ1v) is 5.13. The number of hydrogen-bond donors (Lipinski definition) is 1. The molecule has 0 aromatic heterocycles. The molecular formula is C10H22ClNO3. The third-order valence-corrected chi connectivity index (χ3v) is 1.97. The van der Waals surface area contributed by atoms with E-state index in [4.69, 9.17) is 9.84 Å². The van der Waals surface area contributed by atoms with E-state index in [0.29, 0.717) is 0 Å². The SMILES string of the molecule is CCCN(CCCCOC)CC(=O)O.Cl. The number of methoxy groups -OCH3 is 1. The van der Waals surface area contributed by atoms with E-state index in [1.54, 1.807) is 7.11 Å². The first kappa shape index (κ1) is 17.1. The van der Waals surface area contributed by atoms with Gasteiger partial charge in [0.1, 0.15) is 0 Å². The molecule has 0 fully saturated rings. The third kappa shape index (κ3) is 11.6. The van der Waals surface area contributed by atoms with E-state index in [0.717, 1.165) is 39.0 Å². The van der Waals surface area contributed by atoms with Gasteiger partial charge < -0.3 is 9.84 Å². The Morgan fingerprint density at radius 1 is 1.33 bits per heavy atom. The van der Waals surface area contributed by atoms with Crippen LogP contribution in [0.5, 0.6) is 0 Å². The number of carbonyl (C=O) groups is 1. The lowest BCUT2D eigenvalue weighted by atomic mass is 10.3. The number of rotatable bonds is 9. The van der Waals surface area contributed by atoms with Gasteiger partial charge in [-0.25, -0.2) is 0 Å². The van der Waals surface area contributed by atoms with Crippen LogP contribution in [0.2, 0.25) is 0 Å². The number of hydrogen-bond acceptors (Lipinski definition) is 3. The molecule has 0 atom stereocenters. The zero-order valence-electron chi connectivity index (χ0n) is 9.57. The van der Waals surface area contributed by atoms with Crippen LogP contribution >= 0.6 is 12.4 Å². The van der Waals surface area contributed by atoms with Crippen molar-refractivity contribution in [3.8, 4) is 0 Å². The predicted molar refractivity (Wildman–Crippen MR) is 62.7 cm³/mol. The van der Waals surface area contributed by atoms with Crippen molar-refractivity contribution >= 4 is 18.4 Å². The molecule has 0 aliphatic carbocycles. The average Bonchev–Trinajstić information content (AvgIpc) is 2.12. The second kappa shape index (κ2) is 11.8. The number of nitrogens with zero attached hydrogens (tertiary/aromatic N) is 1. The third-order valence-electron chi connectivity index (χ3n) is 1.97. The highest BCUT2D eigenvalue weighted by Crippen LogP contribution is 1.97. The largest absolute Gasteiger partial charge is 0.480 e. The van der Waals surface area contributed by atoms with Crippen molar-refractivity contribution in [3.05, 3.63) is 0 Å². The van der Waals surface area contributed by atoms with E-state index >= 15 is 0 Å². The summed E-state index contributed by atoms with van der Waals surface area (Å²) in [5, 5.41) is 8.65. The van der Waals surface area contributed by atoms with Crippen molar-refractivity contribution in [1.29, 1.82) is 0 Å². The minimum atomic E-state index is -0.745. The second-order valence-electron chi connectivity index (χ2n) is 3.37. The minimum absolute atomic E-state index is 0. The Labute approximate surface area is 98.0 Å². The molecule has 0 amide bonds. The summed E-state index contributed by atoms with van der Waals surface area (Å²) in [5.74, 6) is -0.745. The van der Waals surface area contributed by atoms with Crippen molar-refractivity contribution in [2.75, 3.05) is 33.4 Å². The summed E-state index contributed by atoms with van der Waals surface area (Å²) in [6.45, 7) is 4.68. The molecule has 0 saturated carbocycles. The molecule has 1 N–H and O–H groups in total. The van der Waals surface area contributed by atoms with Gasteiger partial charge in [0.2, 0.25) is 0 Å². The Kier molecular flexibility index (Phi) is 13.4. The van der Waals surface area contributed by atoms with Gasteiger partial charge in [-0.3, -0.25) is 9.69 Å². The maximum absolute atomic E-state index is 10.5. The van der Waals surface area contributed by atoms with Crippen molar-refractivity contribution in [2.45, 2.75) is 26.2 Å². The summed E-state index contributed by atoms with van der Waals surface area (Å²) in [4.78, 5) is 12.5. The van der Waals surface area contributed by atoms with Crippen LogP contribution in [-0.4, -0.2) is 49.3 Å². The Hall–Kier alpha value is -0.320.